The third kappa shape index (κ3) is 2.02. The van der Waals surface area contributed by atoms with Crippen molar-refractivity contribution in [3.8, 4) is 16.9 Å². The normalized spacial score (nSPS) is 10.8. The first-order valence-corrected chi connectivity index (χ1v) is 6.60. The topological polar surface area (TPSA) is 9.23 Å². The van der Waals surface area contributed by atoms with E-state index in [1.807, 2.05) is 30.3 Å². The summed E-state index contributed by atoms with van der Waals surface area (Å²) in [4.78, 5) is 0. The van der Waals surface area contributed by atoms with Crippen LogP contribution in [0.1, 0.15) is 0 Å². The summed E-state index contributed by atoms with van der Waals surface area (Å²) in [6.45, 7) is 0. The molecule has 0 aliphatic heterocycles. The van der Waals surface area contributed by atoms with Crippen LogP contribution in [0.5, 0.6) is 5.75 Å². The fourth-order valence-electron chi connectivity index (χ4n) is 2.41. The molecule has 0 amide bonds. The lowest BCUT2D eigenvalue weighted by atomic mass is 9.99. The molecule has 0 aromatic heterocycles. The molecule has 0 saturated carbocycles. The Hall–Kier alpha value is -2.06. The molecule has 3 aromatic carbocycles. The van der Waals surface area contributed by atoms with Gasteiger partial charge in [-0.1, -0.05) is 54.1 Å². The van der Waals surface area contributed by atoms with E-state index in [0.717, 1.165) is 10.8 Å². The predicted octanol–water partition coefficient (Wildman–Crippen LogP) is 5.31. The van der Waals surface area contributed by atoms with Gasteiger partial charge >= 0.3 is 0 Å². The highest BCUT2D eigenvalue weighted by molar-refractivity contribution is 6.35. The number of hydrogen-bond donors (Lipinski definition) is 0. The average molecular weight is 287 g/mol. The van der Waals surface area contributed by atoms with Crippen LogP contribution in [0.25, 0.3) is 21.9 Å². The lowest BCUT2D eigenvalue weighted by molar-refractivity contribution is 0.421. The number of methoxy groups -OCH3 is 1. The minimum Gasteiger partial charge on any atom is -0.495 e. The molecule has 3 heteroatoms. The summed E-state index contributed by atoms with van der Waals surface area (Å²) in [6, 6.07) is 16.1. The molecule has 0 N–H and O–H groups in total. The third-order valence-corrected chi connectivity index (χ3v) is 3.60. The van der Waals surface area contributed by atoms with Crippen molar-refractivity contribution in [3.05, 3.63) is 65.4 Å². The third-order valence-electron chi connectivity index (χ3n) is 3.30. The molecule has 3 aromatic rings. The quantitative estimate of drug-likeness (QED) is 0.620. The van der Waals surface area contributed by atoms with E-state index in [1.165, 1.54) is 6.07 Å². The van der Waals surface area contributed by atoms with Crippen molar-refractivity contribution in [1.82, 2.24) is 0 Å². The Kier molecular flexibility index (Phi) is 3.33. The van der Waals surface area contributed by atoms with Gasteiger partial charge in [0, 0.05) is 16.5 Å². The first-order valence-electron chi connectivity index (χ1n) is 6.22. The Morgan fingerprint density at radius 3 is 2.45 bits per heavy atom. The highest BCUT2D eigenvalue weighted by atomic mass is 35.5. The van der Waals surface area contributed by atoms with Crippen LogP contribution in [0.2, 0.25) is 5.02 Å². The zero-order valence-electron chi connectivity index (χ0n) is 10.9. The van der Waals surface area contributed by atoms with E-state index in [4.69, 9.17) is 16.3 Å². The number of ether oxygens (including phenoxy) is 1. The Labute approximate surface area is 121 Å². The van der Waals surface area contributed by atoms with Crippen LogP contribution in [-0.2, 0) is 0 Å². The number of hydrogen-bond acceptors (Lipinski definition) is 1. The van der Waals surface area contributed by atoms with Gasteiger partial charge in [-0.15, -0.1) is 0 Å². The maximum absolute atomic E-state index is 14.1. The van der Waals surface area contributed by atoms with Gasteiger partial charge in [0.2, 0.25) is 0 Å². The molecule has 0 spiro atoms. The summed E-state index contributed by atoms with van der Waals surface area (Å²) in [5, 5.41) is 2.36. The van der Waals surface area contributed by atoms with Gasteiger partial charge in [0.25, 0.3) is 0 Å². The lowest BCUT2D eigenvalue weighted by Gasteiger charge is -2.14. The summed E-state index contributed by atoms with van der Waals surface area (Å²) < 4.78 is 19.6. The van der Waals surface area contributed by atoms with Gasteiger partial charge in [0.05, 0.1) is 12.1 Å². The van der Waals surface area contributed by atoms with Crippen molar-refractivity contribution < 1.29 is 9.13 Å². The van der Waals surface area contributed by atoms with E-state index in [-0.39, 0.29) is 5.82 Å². The van der Waals surface area contributed by atoms with Crippen molar-refractivity contribution in [1.29, 1.82) is 0 Å². The van der Waals surface area contributed by atoms with E-state index < -0.39 is 0 Å². The second kappa shape index (κ2) is 5.14. The minimum atomic E-state index is -0.317. The van der Waals surface area contributed by atoms with E-state index >= 15 is 0 Å². The van der Waals surface area contributed by atoms with Gasteiger partial charge in [-0.05, 0) is 17.5 Å². The number of rotatable bonds is 2. The van der Waals surface area contributed by atoms with E-state index in [0.29, 0.717) is 21.9 Å². The van der Waals surface area contributed by atoms with Crippen molar-refractivity contribution in [3.63, 3.8) is 0 Å². The monoisotopic (exact) mass is 286 g/mol. The zero-order valence-corrected chi connectivity index (χ0v) is 11.6. The molecule has 0 unspecified atom stereocenters. The highest BCUT2D eigenvalue weighted by Gasteiger charge is 2.17. The molecule has 20 heavy (non-hydrogen) atoms. The van der Waals surface area contributed by atoms with Gasteiger partial charge in [-0.25, -0.2) is 4.39 Å². The van der Waals surface area contributed by atoms with Crippen LogP contribution in [0.3, 0.4) is 0 Å². The molecule has 3 rings (SSSR count). The SMILES string of the molecule is COc1c(-c2ccccc2F)c(Cl)cc2ccccc12. The number of halogens is 2. The zero-order chi connectivity index (χ0) is 14.1. The van der Waals surface area contributed by atoms with E-state index in [1.54, 1.807) is 25.3 Å². The maximum atomic E-state index is 14.1. The summed E-state index contributed by atoms with van der Waals surface area (Å²) in [6.07, 6.45) is 0. The average Bonchev–Trinajstić information content (AvgIpc) is 2.47. The molecular formula is C17H12ClFO. The largest absolute Gasteiger partial charge is 0.495 e. The molecule has 0 heterocycles. The molecule has 1 nitrogen and oxygen atoms in total. The van der Waals surface area contributed by atoms with Crippen LogP contribution in [0.15, 0.2) is 54.6 Å². The minimum absolute atomic E-state index is 0.317. The first kappa shape index (κ1) is 12.9. The van der Waals surface area contributed by atoms with Gasteiger partial charge in [-0.3, -0.25) is 0 Å². The summed E-state index contributed by atoms with van der Waals surface area (Å²) in [5.41, 5.74) is 1.03. The Balaban J connectivity index is 2.41. The van der Waals surface area contributed by atoms with Crippen LogP contribution in [-0.4, -0.2) is 7.11 Å². The molecule has 0 fully saturated rings. The van der Waals surface area contributed by atoms with Crippen molar-refractivity contribution in [2.75, 3.05) is 7.11 Å². The molecule has 0 atom stereocenters. The molecule has 0 saturated heterocycles. The van der Waals surface area contributed by atoms with Gasteiger partial charge in [0.1, 0.15) is 11.6 Å². The van der Waals surface area contributed by atoms with E-state index in [9.17, 15) is 4.39 Å². The van der Waals surface area contributed by atoms with Gasteiger partial charge in [-0.2, -0.15) is 0 Å². The molecule has 0 aliphatic rings. The highest BCUT2D eigenvalue weighted by Crippen LogP contribution is 2.42. The second-order valence-electron chi connectivity index (χ2n) is 4.47. The van der Waals surface area contributed by atoms with Crippen LogP contribution >= 0.6 is 11.6 Å². The number of benzene rings is 3. The Bertz CT molecular complexity index is 783. The smallest absolute Gasteiger partial charge is 0.136 e. The molecular weight excluding hydrogens is 275 g/mol. The van der Waals surface area contributed by atoms with Crippen LogP contribution < -0.4 is 4.74 Å². The Morgan fingerprint density at radius 1 is 1.00 bits per heavy atom. The predicted molar refractivity (Wildman–Crippen MR) is 80.9 cm³/mol. The van der Waals surface area contributed by atoms with Gasteiger partial charge in [0.15, 0.2) is 0 Å². The Morgan fingerprint density at radius 2 is 1.70 bits per heavy atom. The lowest BCUT2D eigenvalue weighted by Crippen LogP contribution is -1.93. The van der Waals surface area contributed by atoms with E-state index in [2.05, 4.69) is 0 Å². The van der Waals surface area contributed by atoms with Crippen molar-refractivity contribution in [2.45, 2.75) is 0 Å². The standard InChI is InChI=1S/C17H12ClFO/c1-20-17-12-7-3-2-6-11(12)10-14(18)16(17)13-8-4-5-9-15(13)19/h2-10H,1H3. The fourth-order valence-corrected chi connectivity index (χ4v) is 2.71. The van der Waals surface area contributed by atoms with Crippen molar-refractivity contribution in [2.24, 2.45) is 0 Å². The summed E-state index contributed by atoms with van der Waals surface area (Å²) in [7, 11) is 1.57. The maximum Gasteiger partial charge on any atom is 0.136 e. The summed E-state index contributed by atoms with van der Waals surface area (Å²) in [5.74, 6) is 0.279. The second-order valence-corrected chi connectivity index (χ2v) is 4.87. The molecule has 100 valence electrons. The number of fused-ring (bicyclic) bond motifs is 1. The van der Waals surface area contributed by atoms with Crippen LogP contribution in [0, 0.1) is 5.82 Å². The summed E-state index contributed by atoms with van der Waals surface area (Å²) >= 11 is 6.35. The van der Waals surface area contributed by atoms with Crippen LogP contribution in [0.4, 0.5) is 4.39 Å². The molecule has 0 radical (unpaired) electrons. The van der Waals surface area contributed by atoms with Crippen molar-refractivity contribution >= 4 is 22.4 Å². The first-order chi connectivity index (χ1) is 9.72. The molecule has 0 aliphatic carbocycles. The molecule has 0 bridgehead atoms. The fraction of sp³-hybridized carbons (Fsp3) is 0.0588. The van der Waals surface area contributed by atoms with Gasteiger partial charge < -0.3 is 4.74 Å².